The van der Waals surface area contributed by atoms with Gasteiger partial charge in [-0.1, -0.05) is 24.3 Å². The van der Waals surface area contributed by atoms with Crippen LogP contribution in [0, 0.1) is 0 Å². The lowest BCUT2D eigenvalue weighted by Crippen LogP contribution is -2.17. The molecule has 4 heterocycles. The van der Waals surface area contributed by atoms with E-state index in [2.05, 4.69) is 15.0 Å². The summed E-state index contributed by atoms with van der Waals surface area (Å²) >= 11 is 0. The molecular formula is C26H25F3N6O2. The molecule has 1 saturated heterocycles. The quantitative estimate of drug-likeness (QED) is 0.354. The van der Waals surface area contributed by atoms with Gasteiger partial charge >= 0.3 is 6.18 Å². The molecule has 1 unspecified atom stereocenters. The molecular weight excluding hydrogens is 485 g/mol. The van der Waals surface area contributed by atoms with Crippen LogP contribution in [-0.2, 0) is 24.5 Å². The van der Waals surface area contributed by atoms with E-state index in [1.807, 2.05) is 29.1 Å². The lowest BCUT2D eigenvalue weighted by atomic mass is 10.1. The summed E-state index contributed by atoms with van der Waals surface area (Å²) in [5.74, 6) is 1.19. The van der Waals surface area contributed by atoms with Crippen LogP contribution < -0.4 is 4.74 Å². The van der Waals surface area contributed by atoms with E-state index in [1.54, 1.807) is 25.5 Å². The minimum Gasteiger partial charge on any atom is -0.471 e. The molecule has 1 aliphatic carbocycles. The smallest absolute Gasteiger partial charge is 0.434 e. The Morgan fingerprint density at radius 2 is 1.89 bits per heavy atom. The summed E-state index contributed by atoms with van der Waals surface area (Å²) in [5, 5.41) is 4.79. The van der Waals surface area contributed by atoms with Gasteiger partial charge in [0.25, 0.3) is 0 Å². The molecule has 3 aromatic heterocycles. The average molecular weight is 511 g/mol. The Bertz CT molecular complexity index is 1400. The molecule has 37 heavy (non-hydrogen) atoms. The van der Waals surface area contributed by atoms with Crippen molar-refractivity contribution < 1.29 is 22.6 Å². The summed E-state index contributed by atoms with van der Waals surface area (Å²) in [6.07, 6.45) is 2.92. The van der Waals surface area contributed by atoms with Crippen LogP contribution in [0.4, 0.5) is 13.2 Å². The molecule has 0 N–H and O–H groups in total. The lowest BCUT2D eigenvalue weighted by Gasteiger charge is -2.15. The molecule has 0 bridgehead atoms. The van der Waals surface area contributed by atoms with Crippen molar-refractivity contribution in [2.75, 3.05) is 13.2 Å². The van der Waals surface area contributed by atoms with E-state index in [-0.39, 0.29) is 11.9 Å². The molecule has 11 heteroatoms. The van der Waals surface area contributed by atoms with Gasteiger partial charge in [-0.05, 0) is 24.5 Å². The fraction of sp³-hybridized carbons (Fsp3) is 0.385. The van der Waals surface area contributed by atoms with Crippen LogP contribution in [-0.4, -0.2) is 48.6 Å². The molecule has 4 aromatic rings. The number of halogens is 3. The van der Waals surface area contributed by atoms with Crippen molar-refractivity contribution in [1.82, 2.24) is 29.3 Å². The Kier molecular flexibility index (Phi) is 5.94. The Balaban J connectivity index is 1.23. The monoisotopic (exact) mass is 510 g/mol. The molecule has 1 atom stereocenters. The number of aromatic nitrogens is 6. The number of hydrogen-bond acceptors (Lipinski definition) is 6. The normalized spacial score (nSPS) is 17.9. The third-order valence-electron chi connectivity index (χ3n) is 6.59. The van der Waals surface area contributed by atoms with Crippen LogP contribution in [0.15, 0.2) is 49.1 Å². The van der Waals surface area contributed by atoms with Gasteiger partial charge in [0.2, 0.25) is 5.88 Å². The zero-order valence-corrected chi connectivity index (χ0v) is 20.1. The SMILES string of the molecule is Cn1cc(C(F)(F)F)nc1-c1ccc(Cn2ccc(-c3c(OC4CCOC4)ncnc3C3CC3)n2)cc1. The Hall–Kier alpha value is -3.73. The molecule has 2 fully saturated rings. The Labute approximate surface area is 211 Å². The van der Waals surface area contributed by atoms with E-state index in [4.69, 9.17) is 14.6 Å². The molecule has 0 spiro atoms. The highest BCUT2D eigenvalue weighted by Gasteiger charge is 2.35. The first kappa shape index (κ1) is 23.7. The molecule has 8 nitrogen and oxygen atoms in total. The third kappa shape index (κ3) is 4.95. The van der Waals surface area contributed by atoms with Gasteiger partial charge in [0.05, 0.1) is 36.7 Å². The van der Waals surface area contributed by atoms with Crippen LogP contribution in [0.1, 0.15) is 42.1 Å². The van der Waals surface area contributed by atoms with Gasteiger partial charge in [0.1, 0.15) is 18.3 Å². The summed E-state index contributed by atoms with van der Waals surface area (Å²) in [5.41, 5.74) is 3.21. The zero-order chi connectivity index (χ0) is 25.6. The maximum absolute atomic E-state index is 13.0. The highest BCUT2D eigenvalue weighted by molar-refractivity contribution is 5.68. The number of imidazole rings is 1. The van der Waals surface area contributed by atoms with Crippen molar-refractivity contribution in [1.29, 1.82) is 0 Å². The van der Waals surface area contributed by atoms with Crippen molar-refractivity contribution in [2.24, 2.45) is 7.05 Å². The minimum absolute atomic E-state index is 0.0350. The van der Waals surface area contributed by atoms with Gasteiger partial charge in [-0.25, -0.2) is 15.0 Å². The van der Waals surface area contributed by atoms with Gasteiger partial charge in [-0.2, -0.15) is 18.3 Å². The van der Waals surface area contributed by atoms with Gasteiger partial charge in [-0.15, -0.1) is 0 Å². The molecule has 192 valence electrons. The predicted octanol–water partition coefficient (Wildman–Crippen LogP) is 4.85. The van der Waals surface area contributed by atoms with Crippen molar-refractivity contribution in [3.8, 4) is 28.5 Å². The summed E-state index contributed by atoms with van der Waals surface area (Å²) < 4.78 is 53.9. The first-order chi connectivity index (χ1) is 17.8. The molecule has 2 aliphatic rings. The van der Waals surface area contributed by atoms with E-state index in [0.717, 1.165) is 48.0 Å². The Morgan fingerprint density at radius 1 is 1.08 bits per heavy atom. The minimum atomic E-state index is -4.48. The summed E-state index contributed by atoms with van der Waals surface area (Å²) in [7, 11) is 1.55. The van der Waals surface area contributed by atoms with Crippen molar-refractivity contribution in [2.45, 2.75) is 44.0 Å². The Morgan fingerprint density at radius 3 is 2.57 bits per heavy atom. The second-order valence-electron chi connectivity index (χ2n) is 9.47. The predicted molar refractivity (Wildman–Crippen MR) is 128 cm³/mol. The lowest BCUT2D eigenvalue weighted by molar-refractivity contribution is -0.140. The van der Waals surface area contributed by atoms with Crippen molar-refractivity contribution >= 4 is 0 Å². The first-order valence-electron chi connectivity index (χ1n) is 12.2. The second kappa shape index (κ2) is 9.29. The molecule has 1 saturated carbocycles. The summed E-state index contributed by atoms with van der Waals surface area (Å²) in [6.45, 7) is 1.72. The third-order valence-corrected chi connectivity index (χ3v) is 6.59. The largest absolute Gasteiger partial charge is 0.471 e. The van der Waals surface area contributed by atoms with E-state index >= 15 is 0 Å². The van der Waals surface area contributed by atoms with E-state index in [0.29, 0.717) is 37.1 Å². The molecule has 1 aromatic carbocycles. The summed E-state index contributed by atoms with van der Waals surface area (Å²) in [6, 6.07) is 9.22. The van der Waals surface area contributed by atoms with Crippen molar-refractivity contribution in [3.63, 3.8) is 0 Å². The number of aryl methyl sites for hydroxylation is 1. The maximum Gasteiger partial charge on any atom is 0.434 e. The van der Waals surface area contributed by atoms with E-state index < -0.39 is 11.9 Å². The average Bonchev–Trinajstić information content (AvgIpc) is 3.21. The van der Waals surface area contributed by atoms with Crippen molar-refractivity contribution in [3.05, 3.63) is 66.0 Å². The molecule has 6 rings (SSSR count). The van der Waals surface area contributed by atoms with E-state index in [1.165, 1.54) is 4.57 Å². The fourth-order valence-electron chi connectivity index (χ4n) is 4.54. The van der Waals surface area contributed by atoms with E-state index in [9.17, 15) is 13.2 Å². The number of alkyl halides is 3. The van der Waals surface area contributed by atoms with Gasteiger partial charge < -0.3 is 14.0 Å². The fourth-order valence-corrected chi connectivity index (χ4v) is 4.54. The maximum atomic E-state index is 13.0. The van der Waals surface area contributed by atoms with Gasteiger partial charge in [0.15, 0.2) is 5.69 Å². The number of benzene rings is 1. The number of nitrogens with zero attached hydrogens (tertiary/aromatic N) is 6. The zero-order valence-electron chi connectivity index (χ0n) is 20.1. The highest BCUT2D eigenvalue weighted by Crippen LogP contribution is 2.45. The standard InChI is InChI=1S/C26H25F3N6O2/c1-34-13-21(26(27,28)29)32-24(34)18-4-2-16(3-5-18)12-35-10-8-20(33-35)22-23(17-6-7-17)30-15-31-25(22)37-19-9-11-36-14-19/h2-5,8,10,13,15,17,19H,6-7,9,11-12,14H2,1H3. The number of ether oxygens (including phenoxy) is 2. The summed E-state index contributed by atoms with van der Waals surface area (Å²) in [4.78, 5) is 12.7. The van der Waals surface area contributed by atoms with Crippen LogP contribution in [0.2, 0.25) is 0 Å². The van der Waals surface area contributed by atoms with Crippen LogP contribution >= 0.6 is 0 Å². The van der Waals surface area contributed by atoms with Gasteiger partial charge in [0, 0.05) is 37.3 Å². The van der Waals surface area contributed by atoms with Crippen LogP contribution in [0.25, 0.3) is 22.6 Å². The molecule has 0 radical (unpaired) electrons. The van der Waals surface area contributed by atoms with Crippen LogP contribution in [0.3, 0.4) is 0 Å². The van der Waals surface area contributed by atoms with Gasteiger partial charge in [-0.3, -0.25) is 4.68 Å². The second-order valence-corrected chi connectivity index (χ2v) is 9.47. The molecule has 1 aliphatic heterocycles. The van der Waals surface area contributed by atoms with Crippen LogP contribution in [0.5, 0.6) is 5.88 Å². The number of hydrogen-bond donors (Lipinski definition) is 0. The topological polar surface area (TPSA) is 79.9 Å². The highest BCUT2D eigenvalue weighted by atomic mass is 19.4. The number of rotatable bonds is 7. The molecule has 0 amide bonds. The first-order valence-corrected chi connectivity index (χ1v) is 12.2.